The number of pyridine rings is 1. The molecule has 0 spiro atoms. The van der Waals surface area contributed by atoms with Crippen molar-refractivity contribution in [2.45, 2.75) is 52.7 Å². The minimum Gasteiger partial charge on any atom is -0.372 e. The number of carbonyl (C=O) groups excluding carboxylic acids is 1. The van der Waals surface area contributed by atoms with E-state index >= 15 is 0 Å². The summed E-state index contributed by atoms with van der Waals surface area (Å²) in [5.41, 5.74) is 3.07. The zero-order valence-electron chi connectivity index (χ0n) is 15.5. The monoisotopic (exact) mass is 346 g/mol. The van der Waals surface area contributed by atoms with Crippen LogP contribution in [0.2, 0.25) is 0 Å². The Morgan fingerprint density at radius 1 is 1.28 bits per heavy atom. The molecule has 3 heterocycles. The SMILES string of the molecule is Cc1nn(C)c2[nH]c(=O)c(CCC(=O)N3C[C@H](C)O[C@@H](C)C3)c(C)c12. The van der Waals surface area contributed by atoms with Gasteiger partial charge >= 0.3 is 0 Å². The van der Waals surface area contributed by atoms with E-state index < -0.39 is 0 Å². The van der Waals surface area contributed by atoms with Crippen LogP contribution in [0.25, 0.3) is 11.0 Å². The van der Waals surface area contributed by atoms with E-state index in [0.717, 1.165) is 22.3 Å². The summed E-state index contributed by atoms with van der Waals surface area (Å²) in [6.45, 7) is 9.04. The van der Waals surface area contributed by atoms with Crippen molar-refractivity contribution in [3.05, 3.63) is 27.2 Å². The third-order valence-corrected chi connectivity index (χ3v) is 4.92. The minimum absolute atomic E-state index is 0.0484. The van der Waals surface area contributed by atoms with Crippen LogP contribution in [0.1, 0.15) is 37.1 Å². The molecule has 1 amide bonds. The molecule has 0 saturated carbocycles. The maximum atomic E-state index is 12.6. The fourth-order valence-electron chi connectivity index (χ4n) is 3.83. The van der Waals surface area contributed by atoms with Crippen molar-refractivity contribution < 1.29 is 9.53 Å². The van der Waals surface area contributed by atoms with Gasteiger partial charge in [-0.25, -0.2) is 0 Å². The molecule has 2 atom stereocenters. The van der Waals surface area contributed by atoms with Crippen molar-refractivity contribution in [1.29, 1.82) is 0 Å². The molecule has 0 radical (unpaired) electrons. The van der Waals surface area contributed by atoms with Crippen LogP contribution in [0.4, 0.5) is 0 Å². The third-order valence-electron chi connectivity index (χ3n) is 4.92. The van der Waals surface area contributed by atoms with E-state index in [2.05, 4.69) is 10.1 Å². The van der Waals surface area contributed by atoms with Crippen LogP contribution in [-0.2, 0) is 23.0 Å². The van der Waals surface area contributed by atoms with Gasteiger partial charge in [-0.3, -0.25) is 14.3 Å². The molecule has 136 valence electrons. The van der Waals surface area contributed by atoms with Crippen LogP contribution in [0.15, 0.2) is 4.79 Å². The number of carbonyl (C=O) groups is 1. The summed E-state index contributed by atoms with van der Waals surface area (Å²) in [5, 5.41) is 5.35. The van der Waals surface area contributed by atoms with Gasteiger partial charge in [0, 0.05) is 37.5 Å². The van der Waals surface area contributed by atoms with Crippen molar-refractivity contribution in [2.75, 3.05) is 13.1 Å². The number of aryl methyl sites for hydroxylation is 3. The molecule has 1 aliphatic rings. The molecule has 2 aromatic heterocycles. The van der Waals surface area contributed by atoms with Crippen LogP contribution in [0.3, 0.4) is 0 Å². The van der Waals surface area contributed by atoms with Gasteiger partial charge in [-0.15, -0.1) is 0 Å². The molecule has 1 aliphatic heterocycles. The van der Waals surface area contributed by atoms with Gasteiger partial charge < -0.3 is 14.6 Å². The second kappa shape index (κ2) is 6.63. The first-order chi connectivity index (χ1) is 11.8. The summed E-state index contributed by atoms with van der Waals surface area (Å²) < 4.78 is 7.36. The van der Waals surface area contributed by atoms with E-state index in [1.165, 1.54) is 0 Å². The summed E-state index contributed by atoms with van der Waals surface area (Å²) in [7, 11) is 1.81. The smallest absolute Gasteiger partial charge is 0.253 e. The van der Waals surface area contributed by atoms with Crippen LogP contribution >= 0.6 is 0 Å². The van der Waals surface area contributed by atoms with Crippen molar-refractivity contribution in [3.63, 3.8) is 0 Å². The fourth-order valence-corrected chi connectivity index (χ4v) is 3.83. The molecular formula is C18H26N4O3. The molecule has 25 heavy (non-hydrogen) atoms. The van der Waals surface area contributed by atoms with Gasteiger partial charge in [-0.05, 0) is 39.7 Å². The first-order valence-corrected chi connectivity index (χ1v) is 8.76. The highest BCUT2D eigenvalue weighted by Gasteiger charge is 2.26. The molecule has 0 unspecified atom stereocenters. The summed E-state index contributed by atoms with van der Waals surface area (Å²) in [6.07, 6.45) is 0.859. The van der Waals surface area contributed by atoms with Gasteiger partial charge in [0.1, 0.15) is 5.65 Å². The van der Waals surface area contributed by atoms with Gasteiger partial charge in [-0.1, -0.05) is 0 Å². The van der Waals surface area contributed by atoms with Gasteiger partial charge in [0.05, 0.1) is 17.9 Å². The number of aromatic amines is 1. The molecule has 0 aliphatic carbocycles. The summed E-state index contributed by atoms with van der Waals surface area (Å²) in [4.78, 5) is 29.8. The predicted molar refractivity (Wildman–Crippen MR) is 95.7 cm³/mol. The van der Waals surface area contributed by atoms with E-state index in [0.29, 0.717) is 31.5 Å². The van der Waals surface area contributed by atoms with E-state index in [4.69, 9.17) is 4.74 Å². The van der Waals surface area contributed by atoms with Crippen LogP contribution in [-0.4, -0.2) is 50.9 Å². The van der Waals surface area contributed by atoms with Crippen molar-refractivity contribution >= 4 is 16.9 Å². The molecule has 0 aromatic carbocycles. The number of hydrogen-bond donors (Lipinski definition) is 1. The number of hydrogen-bond acceptors (Lipinski definition) is 4. The van der Waals surface area contributed by atoms with E-state index in [1.807, 2.05) is 39.6 Å². The Balaban J connectivity index is 1.80. The number of nitrogens with one attached hydrogen (secondary N) is 1. The van der Waals surface area contributed by atoms with Gasteiger partial charge in [0.2, 0.25) is 5.91 Å². The Hall–Kier alpha value is -2.15. The van der Waals surface area contributed by atoms with E-state index in [1.54, 1.807) is 4.68 Å². The topological polar surface area (TPSA) is 80.2 Å². The number of rotatable bonds is 3. The van der Waals surface area contributed by atoms with Gasteiger partial charge in [0.25, 0.3) is 5.56 Å². The van der Waals surface area contributed by atoms with Crippen molar-refractivity contribution in [3.8, 4) is 0 Å². The normalized spacial score (nSPS) is 21.1. The number of H-pyrrole nitrogens is 1. The zero-order valence-corrected chi connectivity index (χ0v) is 15.5. The number of amides is 1. The van der Waals surface area contributed by atoms with Gasteiger partial charge in [-0.2, -0.15) is 5.10 Å². The molecular weight excluding hydrogens is 320 g/mol. The summed E-state index contributed by atoms with van der Waals surface area (Å²) in [6, 6.07) is 0. The van der Waals surface area contributed by atoms with E-state index in [9.17, 15) is 9.59 Å². The van der Waals surface area contributed by atoms with E-state index in [-0.39, 0.29) is 23.7 Å². The highest BCUT2D eigenvalue weighted by molar-refractivity contribution is 5.83. The highest BCUT2D eigenvalue weighted by atomic mass is 16.5. The van der Waals surface area contributed by atoms with Crippen molar-refractivity contribution in [1.82, 2.24) is 19.7 Å². The molecule has 7 nitrogen and oxygen atoms in total. The lowest BCUT2D eigenvalue weighted by molar-refractivity contribution is -0.143. The molecule has 1 saturated heterocycles. The number of nitrogens with zero attached hydrogens (tertiary/aromatic N) is 3. The zero-order chi connectivity index (χ0) is 18.3. The lowest BCUT2D eigenvalue weighted by atomic mass is 10.0. The second-order valence-electron chi connectivity index (χ2n) is 7.05. The van der Waals surface area contributed by atoms with Gasteiger partial charge in [0.15, 0.2) is 0 Å². The third kappa shape index (κ3) is 3.33. The Bertz CT molecular complexity index is 857. The number of fused-ring (bicyclic) bond motifs is 1. The first-order valence-electron chi connectivity index (χ1n) is 8.76. The van der Waals surface area contributed by atoms with Crippen LogP contribution in [0.5, 0.6) is 0 Å². The number of morpholine rings is 1. The largest absolute Gasteiger partial charge is 0.372 e. The molecule has 0 bridgehead atoms. The number of ether oxygens (including phenoxy) is 1. The molecule has 2 aromatic rings. The quantitative estimate of drug-likeness (QED) is 0.912. The molecule has 1 fully saturated rings. The average molecular weight is 346 g/mol. The fraction of sp³-hybridized carbons (Fsp3) is 0.611. The number of aromatic nitrogens is 3. The second-order valence-corrected chi connectivity index (χ2v) is 7.05. The Kier molecular flexibility index (Phi) is 4.69. The maximum absolute atomic E-state index is 12.6. The molecule has 1 N–H and O–H groups in total. The standard InChI is InChI=1S/C18H26N4O3/c1-10-8-22(9-11(2)25-10)15(23)7-6-14-12(3)16-13(4)20-21(5)17(16)19-18(14)24/h10-11H,6-9H2,1-5H3,(H,19,24)/t10-,11-/m0/s1. The first kappa shape index (κ1) is 17.7. The Morgan fingerprint density at radius 3 is 2.56 bits per heavy atom. The summed E-state index contributed by atoms with van der Waals surface area (Å²) >= 11 is 0. The Labute approximate surface area is 147 Å². The maximum Gasteiger partial charge on any atom is 0.253 e. The summed E-state index contributed by atoms with van der Waals surface area (Å²) in [5.74, 6) is 0.0730. The van der Waals surface area contributed by atoms with Crippen LogP contribution in [0, 0.1) is 13.8 Å². The predicted octanol–water partition coefficient (Wildman–Crippen LogP) is 1.45. The Morgan fingerprint density at radius 2 is 1.92 bits per heavy atom. The highest BCUT2D eigenvalue weighted by Crippen LogP contribution is 2.21. The molecule has 3 rings (SSSR count). The minimum atomic E-state index is -0.135. The lowest BCUT2D eigenvalue weighted by Gasteiger charge is -2.35. The van der Waals surface area contributed by atoms with Crippen LogP contribution < -0.4 is 5.56 Å². The average Bonchev–Trinajstić information content (AvgIpc) is 2.80. The molecule has 7 heteroatoms. The lowest BCUT2D eigenvalue weighted by Crippen LogP contribution is -2.48. The van der Waals surface area contributed by atoms with Crippen molar-refractivity contribution in [2.24, 2.45) is 7.05 Å².